The van der Waals surface area contributed by atoms with Gasteiger partial charge in [0.15, 0.2) is 0 Å². The van der Waals surface area contributed by atoms with Crippen molar-refractivity contribution in [1.82, 2.24) is 0 Å². The molecule has 0 N–H and O–H groups in total. The zero-order valence-electron chi connectivity index (χ0n) is 7.00. The van der Waals surface area contributed by atoms with Gasteiger partial charge in [0.25, 0.3) is 0 Å². The Morgan fingerprint density at radius 2 is 1.92 bits per heavy atom. The van der Waals surface area contributed by atoms with Crippen LogP contribution in [0.1, 0.15) is 12.5 Å². The summed E-state index contributed by atoms with van der Waals surface area (Å²) in [5.41, 5.74) is 1.05. The summed E-state index contributed by atoms with van der Waals surface area (Å²) in [7, 11) is 0. The Labute approximate surface area is 78.2 Å². The first kappa shape index (κ1) is 9.08. The Bertz CT molecular complexity index is 283. The average molecular weight is 179 g/mol. The molecule has 0 amide bonds. The smallest absolute Gasteiger partial charge is 0.0478 e. The predicted octanol–water partition coefficient (Wildman–Crippen LogP) is 3.84. The van der Waals surface area contributed by atoms with Gasteiger partial charge >= 0.3 is 0 Å². The average Bonchev–Trinajstić information content (AvgIpc) is 2.15. The van der Waals surface area contributed by atoms with E-state index in [1.165, 1.54) is 0 Å². The second-order valence-electron chi connectivity index (χ2n) is 2.41. The molecule has 12 heavy (non-hydrogen) atoms. The molecule has 0 fully saturated rings. The molecule has 0 spiro atoms. The van der Waals surface area contributed by atoms with E-state index in [4.69, 9.17) is 11.6 Å². The van der Waals surface area contributed by atoms with Crippen molar-refractivity contribution >= 4 is 16.6 Å². The van der Waals surface area contributed by atoms with Crippen LogP contribution in [0.3, 0.4) is 0 Å². The van der Waals surface area contributed by atoms with Gasteiger partial charge in [-0.3, -0.25) is 0 Å². The molecule has 0 saturated heterocycles. The quantitative estimate of drug-likeness (QED) is 0.604. The van der Waals surface area contributed by atoms with Crippen LogP contribution in [-0.4, -0.2) is 0 Å². The molecule has 0 bridgehead atoms. The van der Waals surface area contributed by atoms with Gasteiger partial charge in [0.1, 0.15) is 0 Å². The first-order chi connectivity index (χ1) is 5.84. The minimum Gasteiger partial charge on any atom is -0.0876 e. The Morgan fingerprint density at radius 1 is 1.25 bits per heavy atom. The molecule has 0 heterocycles. The topological polar surface area (TPSA) is 0 Å². The van der Waals surface area contributed by atoms with Crippen molar-refractivity contribution in [3.63, 3.8) is 0 Å². The number of hydrogen-bond acceptors (Lipinski definition) is 0. The zero-order chi connectivity index (χ0) is 8.81. The predicted molar refractivity (Wildman–Crippen MR) is 55.1 cm³/mol. The third-order valence-electron chi connectivity index (χ3n) is 1.48. The molecule has 0 aliphatic rings. The second kappa shape index (κ2) is 4.78. The number of benzene rings is 1. The summed E-state index contributed by atoms with van der Waals surface area (Å²) in [5, 5.41) is 0.772. The maximum Gasteiger partial charge on any atom is 0.0478 e. The summed E-state index contributed by atoms with van der Waals surface area (Å²) in [6, 6.07) is 9.90. The standard InChI is InChI=1S/C11H11Cl/c1-2-3-9-11(12)10-7-5-4-6-8-10/h2-9H,1H3. The molecule has 62 valence electrons. The summed E-state index contributed by atoms with van der Waals surface area (Å²) in [4.78, 5) is 0. The van der Waals surface area contributed by atoms with Crippen LogP contribution in [0.4, 0.5) is 0 Å². The highest BCUT2D eigenvalue weighted by molar-refractivity contribution is 6.48. The van der Waals surface area contributed by atoms with Gasteiger partial charge < -0.3 is 0 Å². The lowest BCUT2D eigenvalue weighted by molar-refractivity contribution is 1.64. The number of halogens is 1. The molecule has 1 heteroatoms. The summed E-state index contributed by atoms with van der Waals surface area (Å²) >= 11 is 5.99. The van der Waals surface area contributed by atoms with Crippen LogP contribution in [0.25, 0.3) is 5.03 Å². The Balaban J connectivity index is 2.85. The highest BCUT2D eigenvalue weighted by atomic mass is 35.5. The van der Waals surface area contributed by atoms with Crippen molar-refractivity contribution in [2.75, 3.05) is 0 Å². The molecule has 0 saturated carbocycles. The third kappa shape index (κ3) is 2.55. The van der Waals surface area contributed by atoms with Gasteiger partial charge in [0.05, 0.1) is 0 Å². The molecule has 1 aromatic carbocycles. The first-order valence-corrected chi connectivity index (χ1v) is 4.26. The Hall–Kier alpha value is -1.01. The van der Waals surface area contributed by atoms with E-state index in [9.17, 15) is 0 Å². The lowest BCUT2D eigenvalue weighted by Crippen LogP contribution is -1.73. The monoisotopic (exact) mass is 178 g/mol. The van der Waals surface area contributed by atoms with E-state index >= 15 is 0 Å². The van der Waals surface area contributed by atoms with Crippen LogP contribution in [-0.2, 0) is 0 Å². The molecule has 0 radical (unpaired) electrons. The van der Waals surface area contributed by atoms with Crippen molar-refractivity contribution in [2.45, 2.75) is 6.92 Å². The van der Waals surface area contributed by atoms with Crippen molar-refractivity contribution < 1.29 is 0 Å². The van der Waals surface area contributed by atoms with Gasteiger partial charge in [-0.25, -0.2) is 0 Å². The van der Waals surface area contributed by atoms with E-state index in [0.717, 1.165) is 10.6 Å². The molecule has 0 atom stereocenters. The van der Waals surface area contributed by atoms with Gasteiger partial charge in [0.2, 0.25) is 0 Å². The fraction of sp³-hybridized carbons (Fsp3) is 0.0909. The molecule has 0 aromatic heterocycles. The molecular weight excluding hydrogens is 168 g/mol. The van der Waals surface area contributed by atoms with Gasteiger partial charge in [-0.05, 0) is 18.6 Å². The largest absolute Gasteiger partial charge is 0.0876 e. The van der Waals surface area contributed by atoms with E-state index in [1.54, 1.807) is 0 Å². The van der Waals surface area contributed by atoms with Gasteiger partial charge in [0, 0.05) is 5.03 Å². The zero-order valence-corrected chi connectivity index (χ0v) is 7.75. The minimum absolute atomic E-state index is 0.772. The molecular formula is C11H11Cl. The highest BCUT2D eigenvalue weighted by Crippen LogP contribution is 2.17. The summed E-state index contributed by atoms with van der Waals surface area (Å²) < 4.78 is 0. The number of allylic oxidation sites excluding steroid dienone is 3. The van der Waals surface area contributed by atoms with E-state index < -0.39 is 0 Å². The van der Waals surface area contributed by atoms with Crippen LogP contribution in [0.2, 0.25) is 0 Å². The van der Waals surface area contributed by atoms with Crippen LogP contribution < -0.4 is 0 Å². The number of rotatable bonds is 2. The van der Waals surface area contributed by atoms with Gasteiger partial charge in [-0.2, -0.15) is 0 Å². The van der Waals surface area contributed by atoms with Crippen LogP contribution in [0.5, 0.6) is 0 Å². The lowest BCUT2D eigenvalue weighted by Gasteiger charge is -1.95. The molecule has 0 nitrogen and oxygen atoms in total. The number of hydrogen-bond donors (Lipinski definition) is 0. The minimum atomic E-state index is 0.772. The van der Waals surface area contributed by atoms with Crippen LogP contribution in [0, 0.1) is 0 Å². The second-order valence-corrected chi connectivity index (χ2v) is 2.81. The fourth-order valence-corrected chi connectivity index (χ4v) is 1.07. The highest BCUT2D eigenvalue weighted by Gasteiger charge is 1.92. The maximum absolute atomic E-state index is 5.99. The van der Waals surface area contributed by atoms with E-state index in [2.05, 4.69) is 0 Å². The lowest BCUT2D eigenvalue weighted by atomic mass is 10.2. The van der Waals surface area contributed by atoms with Crippen molar-refractivity contribution in [2.24, 2.45) is 0 Å². The molecule has 1 rings (SSSR count). The molecule has 0 aliphatic carbocycles. The van der Waals surface area contributed by atoms with E-state index in [-0.39, 0.29) is 0 Å². The van der Waals surface area contributed by atoms with Crippen molar-refractivity contribution in [1.29, 1.82) is 0 Å². The molecule has 0 unspecified atom stereocenters. The Morgan fingerprint density at radius 3 is 2.50 bits per heavy atom. The molecule has 1 aromatic rings. The van der Waals surface area contributed by atoms with Crippen LogP contribution in [0.15, 0.2) is 48.6 Å². The van der Waals surface area contributed by atoms with Crippen molar-refractivity contribution in [3.05, 3.63) is 54.1 Å². The van der Waals surface area contributed by atoms with Gasteiger partial charge in [-0.1, -0.05) is 54.1 Å². The summed E-state index contributed by atoms with van der Waals surface area (Å²) in [6.45, 7) is 1.96. The van der Waals surface area contributed by atoms with E-state index in [0.29, 0.717) is 0 Å². The third-order valence-corrected chi connectivity index (χ3v) is 1.83. The van der Waals surface area contributed by atoms with E-state index in [1.807, 2.05) is 55.5 Å². The summed E-state index contributed by atoms with van der Waals surface area (Å²) in [5.74, 6) is 0. The fourth-order valence-electron chi connectivity index (χ4n) is 0.874. The normalized spacial score (nSPS) is 12.3. The van der Waals surface area contributed by atoms with Crippen molar-refractivity contribution in [3.8, 4) is 0 Å². The maximum atomic E-state index is 5.99. The first-order valence-electron chi connectivity index (χ1n) is 3.88. The van der Waals surface area contributed by atoms with Crippen LogP contribution >= 0.6 is 11.6 Å². The SMILES string of the molecule is CC=CC=C(Cl)c1ccccc1. The van der Waals surface area contributed by atoms with Gasteiger partial charge in [-0.15, -0.1) is 0 Å². The summed E-state index contributed by atoms with van der Waals surface area (Å²) in [6.07, 6.45) is 5.76. The molecule has 0 aliphatic heterocycles. The Kier molecular flexibility index (Phi) is 3.62.